The van der Waals surface area contributed by atoms with E-state index >= 15 is 0 Å². The van der Waals surface area contributed by atoms with Crippen molar-refractivity contribution in [1.82, 2.24) is 15.1 Å². The molecule has 2 saturated heterocycles. The van der Waals surface area contributed by atoms with Gasteiger partial charge in [0.15, 0.2) is 0 Å². The molecule has 0 saturated carbocycles. The van der Waals surface area contributed by atoms with Crippen molar-refractivity contribution in [3.63, 3.8) is 0 Å². The first-order valence-corrected chi connectivity index (χ1v) is 8.61. The molecule has 0 spiro atoms. The molecule has 0 unspecified atom stereocenters. The zero-order chi connectivity index (χ0) is 16.1. The van der Waals surface area contributed by atoms with Crippen LogP contribution in [0, 0.1) is 0 Å². The Bertz CT molecular complexity index is 502. The Kier molecular flexibility index (Phi) is 5.65. The molecule has 2 heterocycles. The Hall–Kier alpha value is -1.43. The quantitative estimate of drug-likeness (QED) is 0.853. The Morgan fingerprint density at radius 2 is 2.00 bits per heavy atom. The number of carbonyl (C=O) groups is 1. The van der Waals surface area contributed by atoms with Gasteiger partial charge in [0.2, 0.25) is 5.91 Å². The molecule has 1 aromatic rings. The number of hydrogen-bond acceptors (Lipinski definition) is 4. The molecule has 23 heavy (non-hydrogen) atoms. The summed E-state index contributed by atoms with van der Waals surface area (Å²) in [5, 5.41) is 3.18. The van der Waals surface area contributed by atoms with Crippen LogP contribution in [-0.4, -0.2) is 67.2 Å². The van der Waals surface area contributed by atoms with E-state index in [0.29, 0.717) is 0 Å². The van der Waals surface area contributed by atoms with E-state index in [1.807, 2.05) is 6.07 Å². The van der Waals surface area contributed by atoms with Crippen molar-refractivity contribution in [2.45, 2.75) is 32.0 Å². The lowest BCUT2D eigenvalue weighted by Gasteiger charge is -2.40. The maximum Gasteiger partial charge on any atom is 0.237 e. The highest BCUT2D eigenvalue weighted by molar-refractivity contribution is 5.82. The summed E-state index contributed by atoms with van der Waals surface area (Å²) in [5.41, 5.74) is 1.27. The highest BCUT2D eigenvalue weighted by Crippen LogP contribution is 2.20. The topological polar surface area (TPSA) is 44.8 Å². The molecule has 126 valence electrons. The van der Waals surface area contributed by atoms with Gasteiger partial charge in [-0.05, 0) is 18.9 Å². The normalized spacial score (nSPS) is 24.0. The average molecular weight is 317 g/mol. The lowest BCUT2D eigenvalue weighted by atomic mass is 10.0. The SMILES string of the molecule is C[C@@H](CN1CCOCC1)NC(=O)[C@@H]1CCN1Cc1ccccc1. The predicted octanol–water partition coefficient (Wildman–Crippen LogP) is 1.10. The van der Waals surface area contributed by atoms with Crippen LogP contribution in [-0.2, 0) is 16.1 Å². The molecule has 2 fully saturated rings. The fourth-order valence-electron chi connectivity index (χ4n) is 3.30. The van der Waals surface area contributed by atoms with Crippen LogP contribution >= 0.6 is 0 Å². The number of rotatable bonds is 6. The van der Waals surface area contributed by atoms with Gasteiger partial charge in [-0.3, -0.25) is 14.6 Å². The molecule has 1 amide bonds. The molecular formula is C18H27N3O2. The van der Waals surface area contributed by atoms with Gasteiger partial charge in [0.05, 0.1) is 19.3 Å². The van der Waals surface area contributed by atoms with E-state index < -0.39 is 0 Å². The summed E-state index contributed by atoms with van der Waals surface area (Å²) in [6, 6.07) is 10.6. The van der Waals surface area contributed by atoms with E-state index in [4.69, 9.17) is 4.74 Å². The minimum absolute atomic E-state index is 0.0299. The highest BCUT2D eigenvalue weighted by atomic mass is 16.5. The predicted molar refractivity (Wildman–Crippen MR) is 90.1 cm³/mol. The Balaban J connectivity index is 1.44. The van der Waals surface area contributed by atoms with Gasteiger partial charge in [-0.15, -0.1) is 0 Å². The van der Waals surface area contributed by atoms with E-state index in [9.17, 15) is 4.79 Å². The summed E-state index contributed by atoms with van der Waals surface area (Å²) in [4.78, 5) is 17.1. The number of amides is 1. The van der Waals surface area contributed by atoms with Crippen LogP contribution in [0.4, 0.5) is 0 Å². The fourth-order valence-corrected chi connectivity index (χ4v) is 3.30. The van der Waals surface area contributed by atoms with Gasteiger partial charge in [0, 0.05) is 38.8 Å². The fraction of sp³-hybridized carbons (Fsp3) is 0.611. The first-order chi connectivity index (χ1) is 11.2. The van der Waals surface area contributed by atoms with Crippen molar-refractivity contribution in [1.29, 1.82) is 0 Å². The van der Waals surface area contributed by atoms with Gasteiger partial charge in [-0.1, -0.05) is 30.3 Å². The summed E-state index contributed by atoms with van der Waals surface area (Å²) >= 11 is 0. The lowest BCUT2D eigenvalue weighted by molar-refractivity contribution is -0.132. The molecule has 0 bridgehead atoms. The van der Waals surface area contributed by atoms with Gasteiger partial charge < -0.3 is 10.1 Å². The van der Waals surface area contributed by atoms with Crippen molar-refractivity contribution in [2.75, 3.05) is 39.4 Å². The van der Waals surface area contributed by atoms with Crippen molar-refractivity contribution < 1.29 is 9.53 Å². The molecule has 3 rings (SSSR count). The summed E-state index contributed by atoms with van der Waals surface area (Å²) in [6.45, 7) is 8.38. The maximum atomic E-state index is 12.5. The number of ether oxygens (including phenoxy) is 1. The zero-order valence-electron chi connectivity index (χ0n) is 13.9. The van der Waals surface area contributed by atoms with E-state index in [-0.39, 0.29) is 18.0 Å². The molecule has 2 aliphatic heterocycles. The van der Waals surface area contributed by atoms with E-state index in [0.717, 1.165) is 52.4 Å². The lowest BCUT2D eigenvalue weighted by Crippen LogP contribution is -2.58. The molecule has 0 aliphatic carbocycles. The summed E-state index contributed by atoms with van der Waals surface area (Å²) < 4.78 is 5.36. The smallest absolute Gasteiger partial charge is 0.237 e. The second-order valence-corrected chi connectivity index (χ2v) is 6.58. The molecule has 1 N–H and O–H groups in total. The van der Waals surface area contributed by atoms with Gasteiger partial charge >= 0.3 is 0 Å². The zero-order valence-corrected chi connectivity index (χ0v) is 13.9. The summed E-state index contributed by atoms with van der Waals surface area (Å²) in [6.07, 6.45) is 0.961. The molecule has 2 aliphatic rings. The molecule has 1 aromatic carbocycles. The van der Waals surface area contributed by atoms with Crippen LogP contribution in [0.15, 0.2) is 30.3 Å². The van der Waals surface area contributed by atoms with Gasteiger partial charge in [0.1, 0.15) is 0 Å². The molecule has 5 heteroatoms. The molecule has 5 nitrogen and oxygen atoms in total. The second-order valence-electron chi connectivity index (χ2n) is 6.58. The van der Waals surface area contributed by atoms with E-state index in [1.54, 1.807) is 0 Å². The van der Waals surface area contributed by atoms with Gasteiger partial charge in [0.25, 0.3) is 0 Å². The first kappa shape index (κ1) is 16.4. The van der Waals surface area contributed by atoms with Crippen LogP contribution in [0.1, 0.15) is 18.9 Å². The number of likely N-dealkylation sites (tertiary alicyclic amines) is 1. The summed E-state index contributed by atoms with van der Waals surface area (Å²) in [7, 11) is 0. The third-order valence-electron chi connectivity index (χ3n) is 4.69. The van der Waals surface area contributed by atoms with Crippen molar-refractivity contribution in [2.24, 2.45) is 0 Å². The van der Waals surface area contributed by atoms with E-state index in [2.05, 4.69) is 46.3 Å². The largest absolute Gasteiger partial charge is 0.379 e. The number of carbonyl (C=O) groups excluding carboxylic acids is 1. The van der Waals surface area contributed by atoms with Crippen LogP contribution < -0.4 is 5.32 Å². The Labute approximate surface area is 138 Å². The van der Waals surface area contributed by atoms with Crippen LogP contribution in [0.25, 0.3) is 0 Å². The van der Waals surface area contributed by atoms with Crippen molar-refractivity contribution in [3.8, 4) is 0 Å². The number of nitrogens with one attached hydrogen (secondary N) is 1. The monoisotopic (exact) mass is 317 g/mol. The standard InChI is InChI=1S/C18H27N3O2/c1-15(13-20-9-11-23-12-10-20)19-18(22)17-7-8-21(17)14-16-5-3-2-4-6-16/h2-6,15,17H,7-14H2,1H3,(H,19,22)/t15-,17-/m0/s1. The average Bonchev–Trinajstić information content (AvgIpc) is 2.53. The number of benzene rings is 1. The van der Waals surface area contributed by atoms with E-state index in [1.165, 1.54) is 5.56 Å². The molecule has 0 radical (unpaired) electrons. The first-order valence-electron chi connectivity index (χ1n) is 8.61. The minimum Gasteiger partial charge on any atom is -0.379 e. The third kappa shape index (κ3) is 4.53. The van der Waals surface area contributed by atoms with Gasteiger partial charge in [-0.2, -0.15) is 0 Å². The third-order valence-corrected chi connectivity index (χ3v) is 4.69. The molecular weight excluding hydrogens is 290 g/mol. The van der Waals surface area contributed by atoms with Crippen LogP contribution in [0.3, 0.4) is 0 Å². The Morgan fingerprint density at radius 1 is 1.26 bits per heavy atom. The van der Waals surface area contributed by atoms with Crippen LogP contribution in [0.5, 0.6) is 0 Å². The molecule has 0 aromatic heterocycles. The van der Waals surface area contributed by atoms with Crippen molar-refractivity contribution in [3.05, 3.63) is 35.9 Å². The maximum absolute atomic E-state index is 12.5. The number of morpholine rings is 1. The van der Waals surface area contributed by atoms with Crippen LogP contribution in [0.2, 0.25) is 0 Å². The second kappa shape index (κ2) is 7.90. The number of hydrogen-bond donors (Lipinski definition) is 1. The number of nitrogens with zero attached hydrogens (tertiary/aromatic N) is 2. The highest BCUT2D eigenvalue weighted by Gasteiger charge is 2.34. The minimum atomic E-state index is 0.0299. The molecule has 2 atom stereocenters. The van der Waals surface area contributed by atoms with Crippen molar-refractivity contribution >= 4 is 5.91 Å². The summed E-state index contributed by atoms with van der Waals surface area (Å²) in [5.74, 6) is 0.174. The van der Waals surface area contributed by atoms with Gasteiger partial charge in [-0.25, -0.2) is 0 Å². The Morgan fingerprint density at radius 3 is 2.65 bits per heavy atom.